The molecule has 0 aromatic heterocycles. The third kappa shape index (κ3) is 3.43. The Labute approximate surface area is 153 Å². The monoisotopic (exact) mass is 353 g/mol. The second-order valence-corrected chi connectivity index (χ2v) is 6.44. The minimum absolute atomic E-state index is 0.0173. The molecular formula is C21H23NO4. The number of ether oxygens (including phenoxy) is 2. The molecule has 0 aliphatic carbocycles. The SMILES string of the molecule is COc1ccc(C(=O)CCC(=O)N2c3ccccc3CC2C)cc1OC. The Morgan fingerprint density at radius 1 is 1.04 bits per heavy atom. The minimum atomic E-state index is -0.0839. The molecule has 1 atom stereocenters. The Morgan fingerprint density at radius 2 is 1.77 bits per heavy atom. The Morgan fingerprint density at radius 3 is 2.50 bits per heavy atom. The number of carbonyl (C=O) groups is 2. The quantitative estimate of drug-likeness (QED) is 0.744. The number of rotatable bonds is 6. The number of amides is 1. The van der Waals surface area contributed by atoms with E-state index in [1.807, 2.05) is 36.1 Å². The van der Waals surface area contributed by atoms with Crippen molar-refractivity contribution in [3.8, 4) is 11.5 Å². The van der Waals surface area contributed by atoms with Crippen molar-refractivity contribution in [2.75, 3.05) is 19.1 Å². The van der Waals surface area contributed by atoms with Crippen LogP contribution in [0.15, 0.2) is 42.5 Å². The first kappa shape index (κ1) is 18.0. The number of carbonyl (C=O) groups excluding carboxylic acids is 2. The zero-order valence-electron chi connectivity index (χ0n) is 15.3. The minimum Gasteiger partial charge on any atom is -0.493 e. The molecule has 0 spiro atoms. The van der Waals surface area contributed by atoms with Crippen molar-refractivity contribution in [1.82, 2.24) is 0 Å². The van der Waals surface area contributed by atoms with Gasteiger partial charge in [0.1, 0.15) is 0 Å². The van der Waals surface area contributed by atoms with Crippen LogP contribution in [0, 0.1) is 0 Å². The molecule has 3 rings (SSSR count). The van der Waals surface area contributed by atoms with E-state index in [9.17, 15) is 9.59 Å². The predicted molar refractivity (Wildman–Crippen MR) is 100 cm³/mol. The van der Waals surface area contributed by atoms with Gasteiger partial charge in [0.25, 0.3) is 0 Å². The van der Waals surface area contributed by atoms with Gasteiger partial charge in [0, 0.05) is 30.1 Å². The molecule has 1 aliphatic rings. The fourth-order valence-corrected chi connectivity index (χ4v) is 3.44. The molecule has 5 heteroatoms. The molecule has 2 aromatic rings. The molecule has 2 aromatic carbocycles. The van der Waals surface area contributed by atoms with E-state index in [0.717, 1.165) is 12.1 Å². The zero-order chi connectivity index (χ0) is 18.7. The van der Waals surface area contributed by atoms with Gasteiger partial charge < -0.3 is 14.4 Å². The number of anilines is 1. The summed E-state index contributed by atoms with van der Waals surface area (Å²) < 4.78 is 10.4. The highest BCUT2D eigenvalue weighted by molar-refractivity contribution is 6.02. The first-order chi connectivity index (χ1) is 12.5. The number of Topliss-reactive ketones (excluding diaryl/α,β-unsaturated/α-hetero) is 1. The van der Waals surface area contributed by atoms with Crippen LogP contribution in [0.3, 0.4) is 0 Å². The average molecular weight is 353 g/mol. The van der Waals surface area contributed by atoms with Gasteiger partial charge in [0.2, 0.25) is 5.91 Å². The van der Waals surface area contributed by atoms with Crippen LogP contribution in [-0.4, -0.2) is 32.0 Å². The van der Waals surface area contributed by atoms with Crippen LogP contribution < -0.4 is 14.4 Å². The molecule has 26 heavy (non-hydrogen) atoms. The molecule has 5 nitrogen and oxygen atoms in total. The number of para-hydroxylation sites is 1. The number of methoxy groups -OCH3 is 2. The number of benzene rings is 2. The highest BCUT2D eigenvalue weighted by Crippen LogP contribution is 2.33. The molecule has 1 amide bonds. The summed E-state index contributed by atoms with van der Waals surface area (Å²) in [5.74, 6) is 0.977. The van der Waals surface area contributed by atoms with Gasteiger partial charge in [-0.15, -0.1) is 0 Å². The van der Waals surface area contributed by atoms with Crippen molar-refractivity contribution in [2.45, 2.75) is 32.2 Å². The van der Waals surface area contributed by atoms with E-state index in [2.05, 4.69) is 0 Å². The number of ketones is 1. The van der Waals surface area contributed by atoms with Gasteiger partial charge in [0.05, 0.1) is 14.2 Å². The second-order valence-electron chi connectivity index (χ2n) is 6.44. The van der Waals surface area contributed by atoms with Gasteiger partial charge in [-0.3, -0.25) is 9.59 Å². The van der Waals surface area contributed by atoms with Gasteiger partial charge in [0.15, 0.2) is 17.3 Å². The lowest BCUT2D eigenvalue weighted by Gasteiger charge is -2.22. The van der Waals surface area contributed by atoms with E-state index in [1.165, 1.54) is 12.7 Å². The first-order valence-corrected chi connectivity index (χ1v) is 8.70. The summed E-state index contributed by atoms with van der Waals surface area (Å²) in [6, 6.07) is 13.1. The Kier molecular flexibility index (Phi) is 5.26. The molecule has 0 saturated carbocycles. The summed E-state index contributed by atoms with van der Waals surface area (Å²) in [4.78, 5) is 27.0. The molecule has 1 aliphatic heterocycles. The van der Waals surface area contributed by atoms with Crippen LogP contribution in [0.4, 0.5) is 5.69 Å². The normalized spacial score (nSPS) is 15.5. The van der Waals surface area contributed by atoms with Crippen LogP contribution in [0.5, 0.6) is 11.5 Å². The fourth-order valence-electron chi connectivity index (χ4n) is 3.44. The maximum atomic E-state index is 12.7. The van der Waals surface area contributed by atoms with Gasteiger partial charge >= 0.3 is 0 Å². The van der Waals surface area contributed by atoms with Crippen molar-refractivity contribution in [1.29, 1.82) is 0 Å². The third-order valence-electron chi connectivity index (χ3n) is 4.75. The van der Waals surface area contributed by atoms with Gasteiger partial charge in [-0.2, -0.15) is 0 Å². The lowest BCUT2D eigenvalue weighted by Crippen LogP contribution is -2.35. The third-order valence-corrected chi connectivity index (χ3v) is 4.75. The molecular weight excluding hydrogens is 330 g/mol. The fraction of sp³-hybridized carbons (Fsp3) is 0.333. The number of hydrogen-bond donors (Lipinski definition) is 0. The molecule has 1 unspecified atom stereocenters. The lowest BCUT2D eigenvalue weighted by molar-refractivity contribution is -0.118. The molecule has 1 heterocycles. The highest BCUT2D eigenvalue weighted by Gasteiger charge is 2.30. The topological polar surface area (TPSA) is 55.8 Å². The standard InChI is InChI=1S/C21H23NO4/c1-14-12-15-6-4-5-7-17(15)22(14)21(24)11-9-18(23)16-8-10-19(25-2)20(13-16)26-3/h4-8,10,13-14H,9,11-12H2,1-3H3. The Balaban J connectivity index is 1.67. The summed E-state index contributed by atoms with van der Waals surface area (Å²) in [6.45, 7) is 2.04. The molecule has 0 fully saturated rings. The summed E-state index contributed by atoms with van der Waals surface area (Å²) >= 11 is 0. The van der Waals surface area contributed by atoms with E-state index in [-0.39, 0.29) is 30.6 Å². The van der Waals surface area contributed by atoms with Crippen LogP contribution in [-0.2, 0) is 11.2 Å². The zero-order valence-corrected chi connectivity index (χ0v) is 15.3. The molecule has 0 saturated heterocycles. The van der Waals surface area contributed by atoms with Crippen LogP contribution in [0.2, 0.25) is 0 Å². The first-order valence-electron chi connectivity index (χ1n) is 8.70. The average Bonchev–Trinajstić information content (AvgIpc) is 3.00. The van der Waals surface area contributed by atoms with E-state index < -0.39 is 0 Å². The summed E-state index contributed by atoms with van der Waals surface area (Å²) in [7, 11) is 3.08. The van der Waals surface area contributed by atoms with Crippen molar-refractivity contribution in [3.63, 3.8) is 0 Å². The van der Waals surface area contributed by atoms with Gasteiger partial charge in [-0.1, -0.05) is 18.2 Å². The van der Waals surface area contributed by atoms with Crippen LogP contribution >= 0.6 is 0 Å². The van der Waals surface area contributed by atoms with Crippen molar-refractivity contribution >= 4 is 17.4 Å². The summed E-state index contributed by atoms with van der Waals surface area (Å²) in [6.07, 6.45) is 1.21. The molecule has 0 radical (unpaired) electrons. The number of fused-ring (bicyclic) bond motifs is 1. The highest BCUT2D eigenvalue weighted by atomic mass is 16.5. The van der Waals surface area contributed by atoms with E-state index in [1.54, 1.807) is 25.3 Å². The molecule has 0 N–H and O–H groups in total. The van der Waals surface area contributed by atoms with Crippen LogP contribution in [0.25, 0.3) is 0 Å². The maximum Gasteiger partial charge on any atom is 0.227 e. The number of hydrogen-bond acceptors (Lipinski definition) is 4. The van der Waals surface area contributed by atoms with Crippen molar-refractivity contribution in [2.24, 2.45) is 0 Å². The summed E-state index contributed by atoms with van der Waals surface area (Å²) in [5, 5.41) is 0. The van der Waals surface area contributed by atoms with Crippen molar-refractivity contribution in [3.05, 3.63) is 53.6 Å². The maximum absolute atomic E-state index is 12.7. The van der Waals surface area contributed by atoms with E-state index in [0.29, 0.717) is 17.1 Å². The molecule has 0 bridgehead atoms. The largest absolute Gasteiger partial charge is 0.493 e. The summed E-state index contributed by atoms with van der Waals surface area (Å²) in [5.41, 5.74) is 2.66. The second kappa shape index (κ2) is 7.60. The van der Waals surface area contributed by atoms with Crippen LogP contribution in [0.1, 0.15) is 35.7 Å². The van der Waals surface area contributed by atoms with Gasteiger partial charge in [-0.05, 0) is 43.2 Å². The number of nitrogens with zero attached hydrogens (tertiary/aromatic N) is 1. The smallest absolute Gasteiger partial charge is 0.227 e. The Bertz CT molecular complexity index is 831. The Hall–Kier alpha value is -2.82. The van der Waals surface area contributed by atoms with Gasteiger partial charge in [-0.25, -0.2) is 0 Å². The van der Waals surface area contributed by atoms with E-state index in [4.69, 9.17) is 9.47 Å². The lowest BCUT2D eigenvalue weighted by atomic mass is 10.1. The predicted octanol–water partition coefficient (Wildman–Crippen LogP) is 3.64. The van der Waals surface area contributed by atoms with E-state index >= 15 is 0 Å². The van der Waals surface area contributed by atoms with Crippen molar-refractivity contribution < 1.29 is 19.1 Å². The molecule has 136 valence electrons.